The average Bonchev–Trinajstić information content (AvgIpc) is 3.04. The van der Waals surface area contributed by atoms with Crippen molar-refractivity contribution in [3.63, 3.8) is 0 Å². The Morgan fingerprint density at radius 1 is 1.38 bits per heavy atom. The molecule has 2 N–H and O–H groups in total. The van der Waals surface area contributed by atoms with Crippen LogP contribution in [0.4, 0.5) is 0 Å². The fraction of sp³-hybridized carbons (Fsp3) is 0.375. The molecule has 1 aromatic carbocycles. The maximum absolute atomic E-state index is 12.2. The standard InChI is InChI=1S/C16H20N4O/c21-16(18-6-3-8-20-9-7-17-12-20)15-10-13-4-1-2-5-14(13)11-19-15/h1-2,4-5,7,9,12,15,19H,3,6,8,10-11H2,(H,18,21). The maximum Gasteiger partial charge on any atom is 0.237 e. The Balaban J connectivity index is 1.44. The molecule has 3 rings (SSSR count). The minimum absolute atomic E-state index is 0.0927. The summed E-state index contributed by atoms with van der Waals surface area (Å²) >= 11 is 0. The molecule has 1 aliphatic rings. The highest BCUT2D eigenvalue weighted by molar-refractivity contribution is 5.82. The van der Waals surface area contributed by atoms with Crippen LogP contribution in [0, 0.1) is 0 Å². The summed E-state index contributed by atoms with van der Waals surface area (Å²) in [7, 11) is 0. The summed E-state index contributed by atoms with van der Waals surface area (Å²) in [5.41, 5.74) is 2.57. The number of nitrogens with zero attached hydrogens (tertiary/aromatic N) is 2. The van der Waals surface area contributed by atoms with Gasteiger partial charge in [0.15, 0.2) is 0 Å². The number of carbonyl (C=O) groups is 1. The SMILES string of the molecule is O=C(NCCCn1ccnc1)C1Cc2ccccc2CN1. The van der Waals surface area contributed by atoms with Crippen molar-refractivity contribution in [2.75, 3.05) is 6.54 Å². The fourth-order valence-corrected chi connectivity index (χ4v) is 2.66. The number of hydrogen-bond donors (Lipinski definition) is 2. The van der Waals surface area contributed by atoms with Crippen molar-refractivity contribution >= 4 is 5.91 Å². The molecule has 1 amide bonds. The van der Waals surface area contributed by atoms with Crippen LogP contribution in [-0.2, 0) is 24.3 Å². The van der Waals surface area contributed by atoms with Crippen LogP contribution in [0.15, 0.2) is 43.0 Å². The number of aryl methyl sites for hydroxylation is 1. The molecule has 0 fully saturated rings. The Bertz CT molecular complexity index is 594. The van der Waals surface area contributed by atoms with E-state index in [0.29, 0.717) is 6.54 Å². The second-order valence-corrected chi connectivity index (χ2v) is 5.35. The molecule has 0 saturated carbocycles. The molecule has 1 unspecified atom stereocenters. The lowest BCUT2D eigenvalue weighted by molar-refractivity contribution is -0.123. The number of carbonyl (C=O) groups excluding carboxylic acids is 1. The quantitative estimate of drug-likeness (QED) is 0.809. The number of rotatable bonds is 5. The van der Waals surface area contributed by atoms with Crippen molar-refractivity contribution in [1.29, 1.82) is 0 Å². The van der Waals surface area contributed by atoms with Gasteiger partial charge in [0.2, 0.25) is 5.91 Å². The van der Waals surface area contributed by atoms with E-state index in [1.165, 1.54) is 11.1 Å². The zero-order valence-corrected chi connectivity index (χ0v) is 12.0. The second-order valence-electron chi connectivity index (χ2n) is 5.35. The van der Waals surface area contributed by atoms with Crippen molar-refractivity contribution in [2.24, 2.45) is 0 Å². The highest BCUT2D eigenvalue weighted by atomic mass is 16.2. The van der Waals surface area contributed by atoms with E-state index in [0.717, 1.165) is 25.9 Å². The third-order valence-corrected chi connectivity index (χ3v) is 3.85. The lowest BCUT2D eigenvalue weighted by atomic mass is 9.95. The van der Waals surface area contributed by atoms with Crippen molar-refractivity contribution in [3.05, 3.63) is 54.1 Å². The summed E-state index contributed by atoms with van der Waals surface area (Å²) < 4.78 is 2.02. The van der Waals surface area contributed by atoms with Crippen LogP contribution in [0.5, 0.6) is 0 Å². The van der Waals surface area contributed by atoms with Gasteiger partial charge in [0.25, 0.3) is 0 Å². The first-order valence-electron chi connectivity index (χ1n) is 7.36. The van der Waals surface area contributed by atoms with Gasteiger partial charge in [-0.05, 0) is 24.0 Å². The van der Waals surface area contributed by atoms with E-state index >= 15 is 0 Å². The Morgan fingerprint density at radius 3 is 3.05 bits per heavy atom. The molecule has 21 heavy (non-hydrogen) atoms. The molecule has 0 saturated heterocycles. The minimum Gasteiger partial charge on any atom is -0.355 e. The highest BCUT2D eigenvalue weighted by Gasteiger charge is 2.23. The van der Waals surface area contributed by atoms with Gasteiger partial charge in [0, 0.05) is 32.0 Å². The first-order chi connectivity index (χ1) is 10.3. The predicted molar refractivity (Wildman–Crippen MR) is 80.6 cm³/mol. The molecular formula is C16H20N4O. The molecule has 1 aliphatic heterocycles. The van der Waals surface area contributed by atoms with Crippen molar-refractivity contribution in [1.82, 2.24) is 20.2 Å². The van der Waals surface area contributed by atoms with Gasteiger partial charge in [-0.25, -0.2) is 4.98 Å². The molecular weight excluding hydrogens is 264 g/mol. The largest absolute Gasteiger partial charge is 0.355 e. The molecule has 1 aromatic heterocycles. The predicted octanol–water partition coefficient (Wildman–Crippen LogP) is 1.10. The van der Waals surface area contributed by atoms with E-state index < -0.39 is 0 Å². The van der Waals surface area contributed by atoms with Crippen molar-refractivity contribution in [3.8, 4) is 0 Å². The fourth-order valence-electron chi connectivity index (χ4n) is 2.66. The first kappa shape index (κ1) is 13.8. The number of hydrogen-bond acceptors (Lipinski definition) is 3. The summed E-state index contributed by atoms with van der Waals surface area (Å²) in [6.07, 6.45) is 7.17. The van der Waals surface area contributed by atoms with Gasteiger partial charge in [-0.1, -0.05) is 24.3 Å². The molecule has 0 radical (unpaired) electrons. The lowest BCUT2D eigenvalue weighted by Gasteiger charge is -2.25. The van der Waals surface area contributed by atoms with Crippen LogP contribution in [0.25, 0.3) is 0 Å². The average molecular weight is 284 g/mol. The van der Waals surface area contributed by atoms with Crippen LogP contribution in [0.2, 0.25) is 0 Å². The van der Waals surface area contributed by atoms with Crippen molar-refractivity contribution < 1.29 is 4.79 Å². The lowest BCUT2D eigenvalue weighted by Crippen LogP contribution is -2.47. The summed E-state index contributed by atoms with van der Waals surface area (Å²) in [6, 6.07) is 8.17. The molecule has 0 spiro atoms. The van der Waals surface area contributed by atoms with Gasteiger partial charge in [-0.2, -0.15) is 0 Å². The van der Waals surface area contributed by atoms with Gasteiger partial charge in [-0.3, -0.25) is 4.79 Å². The zero-order chi connectivity index (χ0) is 14.5. The monoisotopic (exact) mass is 284 g/mol. The van der Waals surface area contributed by atoms with Crippen LogP contribution in [0.3, 0.4) is 0 Å². The number of benzene rings is 1. The van der Waals surface area contributed by atoms with Crippen molar-refractivity contribution in [2.45, 2.75) is 32.0 Å². The van der Waals surface area contributed by atoms with Crippen LogP contribution in [-0.4, -0.2) is 28.0 Å². The minimum atomic E-state index is -0.117. The summed E-state index contributed by atoms with van der Waals surface area (Å²) in [6.45, 7) is 2.33. The van der Waals surface area contributed by atoms with Gasteiger partial charge < -0.3 is 15.2 Å². The molecule has 2 aromatic rings. The number of amides is 1. The molecule has 0 bridgehead atoms. The Morgan fingerprint density at radius 2 is 2.24 bits per heavy atom. The molecule has 2 heterocycles. The van der Waals surface area contributed by atoms with Gasteiger partial charge >= 0.3 is 0 Å². The zero-order valence-electron chi connectivity index (χ0n) is 12.0. The molecule has 5 heteroatoms. The van der Waals surface area contributed by atoms with Gasteiger partial charge in [0.1, 0.15) is 0 Å². The van der Waals surface area contributed by atoms with Gasteiger partial charge in [-0.15, -0.1) is 0 Å². The third kappa shape index (κ3) is 3.49. The first-order valence-corrected chi connectivity index (χ1v) is 7.36. The molecule has 1 atom stereocenters. The second kappa shape index (κ2) is 6.54. The number of aromatic nitrogens is 2. The normalized spacial score (nSPS) is 17.2. The van der Waals surface area contributed by atoms with E-state index in [4.69, 9.17) is 0 Å². The van der Waals surface area contributed by atoms with E-state index in [1.807, 2.05) is 22.9 Å². The molecule has 5 nitrogen and oxygen atoms in total. The maximum atomic E-state index is 12.2. The van der Waals surface area contributed by atoms with Gasteiger partial charge in [0.05, 0.1) is 12.4 Å². The van der Waals surface area contributed by atoms with Crippen LogP contribution in [0.1, 0.15) is 17.5 Å². The molecule has 0 aliphatic carbocycles. The van der Waals surface area contributed by atoms with Crippen LogP contribution >= 0.6 is 0 Å². The third-order valence-electron chi connectivity index (χ3n) is 3.85. The Kier molecular flexibility index (Phi) is 4.31. The Labute approximate surface area is 124 Å². The Hall–Kier alpha value is -2.14. The van der Waals surface area contributed by atoms with E-state index in [2.05, 4.69) is 27.8 Å². The number of imidazole rings is 1. The number of fused-ring (bicyclic) bond motifs is 1. The summed E-state index contributed by atoms with van der Waals surface area (Å²) in [5.74, 6) is 0.0927. The highest BCUT2D eigenvalue weighted by Crippen LogP contribution is 2.16. The van der Waals surface area contributed by atoms with E-state index in [1.54, 1.807) is 12.5 Å². The summed E-state index contributed by atoms with van der Waals surface area (Å²) in [4.78, 5) is 16.2. The number of nitrogens with one attached hydrogen (secondary N) is 2. The summed E-state index contributed by atoms with van der Waals surface area (Å²) in [5, 5.41) is 6.31. The topological polar surface area (TPSA) is 59.0 Å². The molecule has 110 valence electrons. The van der Waals surface area contributed by atoms with Crippen LogP contribution < -0.4 is 10.6 Å². The van der Waals surface area contributed by atoms with E-state index in [-0.39, 0.29) is 11.9 Å². The van der Waals surface area contributed by atoms with E-state index in [9.17, 15) is 4.79 Å². The smallest absolute Gasteiger partial charge is 0.237 e.